The monoisotopic (exact) mass is 303 g/mol. The molecule has 1 heterocycles. The summed E-state index contributed by atoms with van der Waals surface area (Å²) in [6.07, 6.45) is 6.87. The van der Waals surface area contributed by atoms with Gasteiger partial charge in [0.15, 0.2) is 0 Å². The van der Waals surface area contributed by atoms with Crippen molar-refractivity contribution < 1.29 is 9.53 Å². The van der Waals surface area contributed by atoms with Gasteiger partial charge in [-0.1, -0.05) is 6.42 Å². The Morgan fingerprint density at radius 1 is 1.41 bits per heavy atom. The molecule has 120 valence electrons. The minimum Gasteiger partial charge on any atom is -0.378 e. The number of carbonyl (C=O) groups is 1. The second kappa shape index (κ2) is 6.24. The standard InChI is InChI=1S/C17H25N3O2/c1-3-18-16(21)12-6-7-15(19-11-12)20-13-10-14(22-4-2)17(13)8-5-9-17/h6-7,11,13-14H,3-5,8-10H2,1-2H3,(H,18,21)(H,19,20). The minimum atomic E-state index is -0.0722. The van der Waals surface area contributed by atoms with Gasteiger partial charge < -0.3 is 15.4 Å². The van der Waals surface area contributed by atoms with Crippen LogP contribution in [0.25, 0.3) is 0 Å². The van der Waals surface area contributed by atoms with Crippen LogP contribution in [0.4, 0.5) is 5.82 Å². The highest BCUT2D eigenvalue weighted by Gasteiger charge is 2.58. The fourth-order valence-electron chi connectivity index (χ4n) is 3.70. The molecule has 2 N–H and O–H groups in total. The Balaban J connectivity index is 1.61. The third-order valence-corrected chi connectivity index (χ3v) is 5.12. The lowest BCUT2D eigenvalue weighted by molar-refractivity contribution is -0.157. The van der Waals surface area contributed by atoms with Gasteiger partial charge in [0, 0.05) is 30.8 Å². The van der Waals surface area contributed by atoms with Crippen LogP contribution < -0.4 is 10.6 Å². The van der Waals surface area contributed by atoms with Crippen molar-refractivity contribution in [2.45, 2.75) is 51.7 Å². The molecule has 1 aromatic rings. The van der Waals surface area contributed by atoms with Gasteiger partial charge in [-0.2, -0.15) is 0 Å². The number of carbonyl (C=O) groups excluding carboxylic acids is 1. The molecule has 2 fully saturated rings. The Labute approximate surface area is 131 Å². The molecule has 5 heteroatoms. The predicted molar refractivity (Wildman–Crippen MR) is 86.0 cm³/mol. The lowest BCUT2D eigenvalue weighted by Crippen LogP contribution is -2.64. The summed E-state index contributed by atoms with van der Waals surface area (Å²) in [6, 6.07) is 4.16. The van der Waals surface area contributed by atoms with Crippen molar-refractivity contribution >= 4 is 11.7 Å². The SMILES string of the molecule is CCNC(=O)c1ccc(NC2CC(OCC)C23CCC3)nc1. The first-order valence-electron chi connectivity index (χ1n) is 8.32. The van der Waals surface area contributed by atoms with E-state index in [-0.39, 0.29) is 5.91 Å². The number of ether oxygens (including phenoxy) is 1. The average molecular weight is 303 g/mol. The predicted octanol–water partition coefficient (Wildman–Crippen LogP) is 2.59. The first-order chi connectivity index (χ1) is 10.7. The highest BCUT2D eigenvalue weighted by Crippen LogP contribution is 2.58. The van der Waals surface area contributed by atoms with E-state index in [2.05, 4.69) is 22.5 Å². The van der Waals surface area contributed by atoms with Crippen molar-refractivity contribution in [3.05, 3.63) is 23.9 Å². The molecule has 2 aliphatic rings. The van der Waals surface area contributed by atoms with Gasteiger partial charge in [0.1, 0.15) is 5.82 Å². The van der Waals surface area contributed by atoms with Gasteiger partial charge in [-0.15, -0.1) is 0 Å². The first-order valence-corrected chi connectivity index (χ1v) is 8.32. The third kappa shape index (κ3) is 2.58. The van der Waals surface area contributed by atoms with Gasteiger partial charge in [-0.3, -0.25) is 4.79 Å². The van der Waals surface area contributed by atoms with Crippen LogP contribution in [0.2, 0.25) is 0 Å². The van der Waals surface area contributed by atoms with Crippen LogP contribution in [-0.2, 0) is 4.74 Å². The van der Waals surface area contributed by atoms with Crippen LogP contribution in [0.3, 0.4) is 0 Å². The molecular formula is C17H25N3O2. The summed E-state index contributed by atoms with van der Waals surface area (Å²) in [4.78, 5) is 16.1. The van der Waals surface area contributed by atoms with Gasteiger partial charge >= 0.3 is 0 Å². The highest BCUT2D eigenvalue weighted by molar-refractivity contribution is 5.93. The Hall–Kier alpha value is -1.62. The molecule has 1 amide bonds. The molecule has 2 atom stereocenters. The highest BCUT2D eigenvalue weighted by atomic mass is 16.5. The van der Waals surface area contributed by atoms with Crippen LogP contribution in [-0.4, -0.2) is 36.2 Å². The van der Waals surface area contributed by atoms with E-state index in [1.807, 2.05) is 19.1 Å². The van der Waals surface area contributed by atoms with Crippen LogP contribution in [0.1, 0.15) is 49.9 Å². The summed E-state index contributed by atoms with van der Waals surface area (Å²) in [6.45, 7) is 5.39. The van der Waals surface area contributed by atoms with Crippen LogP contribution >= 0.6 is 0 Å². The van der Waals surface area contributed by atoms with Crippen molar-refractivity contribution in [3.63, 3.8) is 0 Å². The van der Waals surface area contributed by atoms with Crippen molar-refractivity contribution in [1.82, 2.24) is 10.3 Å². The fourth-order valence-corrected chi connectivity index (χ4v) is 3.70. The molecule has 3 rings (SSSR count). The summed E-state index contributed by atoms with van der Waals surface area (Å²) < 4.78 is 5.87. The second-order valence-corrected chi connectivity index (χ2v) is 6.25. The number of hydrogen-bond donors (Lipinski definition) is 2. The number of pyridine rings is 1. The molecule has 5 nitrogen and oxygen atoms in total. The number of amides is 1. The number of rotatable bonds is 6. The van der Waals surface area contributed by atoms with Gasteiger partial charge in [0.05, 0.1) is 11.7 Å². The van der Waals surface area contributed by atoms with Gasteiger partial charge in [-0.05, 0) is 45.2 Å². The molecule has 0 bridgehead atoms. The maximum atomic E-state index is 11.7. The molecule has 0 radical (unpaired) electrons. The van der Waals surface area contributed by atoms with Crippen molar-refractivity contribution in [2.24, 2.45) is 5.41 Å². The first kappa shape index (κ1) is 15.3. The Morgan fingerprint density at radius 2 is 2.23 bits per heavy atom. The molecule has 0 saturated heterocycles. The smallest absolute Gasteiger partial charge is 0.252 e. The zero-order chi connectivity index (χ0) is 15.6. The summed E-state index contributed by atoms with van der Waals surface area (Å²) in [5.74, 6) is 0.774. The van der Waals surface area contributed by atoms with E-state index in [1.165, 1.54) is 19.3 Å². The molecular weight excluding hydrogens is 278 g/mol. The van der Waals surface area contributed by atoms with Gasteiger partial charge in [0.25, 0.3) is 5.91 Å². The lowest BCUT2D eigenvalue weighted by Gasteiger charge is -2.61. The topological polar surface area (TPSA) is 63.2 Å². The summed E-state index contributed by atoms with van der Waals surface area (Å²) in [7, 11) is 0. The van der Waals surface area contributed by atoms with E-state index in [0.717, 1.165) is 18.8 Å². The number of aromatic nitrogens is 1. The fraction of sp³-hybridized carbons (Fsp3) is 0.647. The number of nitrogens with one attached hydrogen (secondary N) is 2. The molecule has 0 aromatic carbocycles. The van der Waals surface area contributed by atoms with Crippen LogP contribution in [0.15, 0.2) is 18.3 Å². The summed E-state index contributed by atoms with van der Waals surface area (Å²) in [5, 5.41) is 6.31. The van der Waals surface area contributed by atoms with Crippen molar-refractivity contribution in [1.29, 1.82) is 0 Å². The van der Waals surface area contributed by atoms with E-state index >= 15 is 0 Å². The molecule has 2 unspecified atom stereocenters. The van der Waals surface area contributed by atoms with E-state index in [4.69, 9.17) is 4.74 Å². The number of nitrogens with zero attached hydrogens (tertiary/aromatic N) is 1. The van der Waals surface area contributed by atoms with Crippen LogP contribution in [0.5, 0.6) is 0 Å². The molecule has 0 aliphatic heterocycles. The number of hydrogen-bond acceptors (Lipinski definition) is 4. The van der Waals surface area contributed by atoms with E-state index in [1.54, 1.807) is 6.20 Å². The Kier molecular flexibility index (Phi) is 4.34. The molecule has 22 heavy (non-hydrogen) atoms. The second-order valence-electron chi connectivity index (χ2n) is 6.25. The maximum absolute atomic E-state index is 11.7. The molecule has 1 spiro atoms. The zero-order valence-electron chi connectivity index (χ0n) is 13.4. The maximum Gasteiger partial charge on any atom is 0.252 e. The zero-order valence-corrected chi connectivity index (χ0v) is 13.4. The van der Waals surface area contributed by atoms with Crippen LogP contribution in [0, 0.1) is 5.41 Å². The minimum absolute atomic E-state index is 0.0722. The quantitative estimate of drug-likeness (QED) is 0.848. The van der Waals surface area contributed by atoms with Crippen molar-refractivity contribution in [2.75, 3.05) is 18.5 Å². The molecule has 2 aliphatic carbocycles. The largest absolute Gasteiger partial charge is 0.378 e. The van der Waals surface area contributed by atoms with E-state index < -0.39 is 0 Å². The van der Waals surface area contributed by atoms with E-state index in [0.29, 0.717) is 29.7 Å². The van der Waals surface area contributed by atoms with Gasteiger partial charge in [-0.25, -0.2) is 4.98 Å². The molecule has 1 aromatic heterocycles. The van der Waals surface area contributed by atoms with E-state index in [9.17, 15) is 4.79 Å². The van der Waals surface area contributed by atoms with Gasteiger partial charge in [0.2, 0.25) is 0 Å². The Morgan fingerprint density at radius 3 is 2.77 bits per heavy atom. The number of anilines is 1. The summed E-state index contributed by atoms with van der Waals surface area (Å²) in [5.41, 5.74) is 0.919. The average Bonchev–Trinajstić information content (AvgIpc) is 2.45. The third-order valence-electron chi connectivity index (χ3n) is 5.12. The lowest BCUT2D eigenvalue weighted by atomic mass is 9.51. The normalized spacial score (nSPS) is 25.2. The molecule has 2 saturated carbocycles. The Bertz CT molecular complexity index is 525. The summed E-state index contributed by atoms with van der Waals surface area (Å²) >= 11 is 0. The van der Waals surface area contributed by atoms with Crippen molar-refractivity contribution in [3.8, 4) is 0 Å².